The number of piperazine rings is 1. The predicted octanol–water partition coefficient (Wildman–Crippen LogP) is 1.05. The molecule has 1 aromatic carbocycles. The van der Waals surface area contributed by atoms with Crippen molar-refractivity contribution in [3.8, 4) is 0 Å². The molecule has 2 aromatic rings. The zero-order valence-corrected chi connectivity index (χ0v) is 19.1. The fraction of sp³-hybridized carbons (Fsp3) is 0.348. The van der Waals surface area contributed by atoms with E-state index in [0.717, 1.165) is 0 Å². The van der Waals surface area contributed by atoms with Crippen LogP contribution in [-0.4, -0.2) is 95.5 Å². The highest BCUT2D eigenvalue weighted by Gasteiger charge is 2.22. The summed E-state index contributed by atoms with van der Waals surface area (Å²) in [4.78, 5) is 58.4. The van der Waals surface area contributed by atoms with E-state index in [2.05, 4.69) is 15.1 Å². The summed E-state index contributed by atoms with van der Waals surface area (Å²) in [5.74, 6) is -3.80. The third-order valence-electron chi connectivity index (χ3n) is 4.86. The van der Waals surface area contributed by atoms with Gasteiger partial charge in [0.1, 0.15) is 0 Å². The van der Waals surface area contributed by atoms with Crippen LogP contribution in [0.25, 0.3) is 0 Å². The molecule has 0 atom stereocenters. The Labute approximate surface area is 201 Å². The average molecular weight is 489 g/mol. The number of hydrogen-bond acceptors (Lipinski definition) is 9. The van der Waals surface area contributed by atoms with Crippen LogP contribution >= 0.6 is 0 Å². The molecular formula is C23H27N3O9. The first-order valence-corrected chi connectivity index (χ1v) is 10.7. The topological polar surface area (TPSA) is 167 Å². The first-order chi connectivity index (χ1) is 16.7. The van der Waals surface area contributed by atoms with E-state index in [9.17, 15) is 14.4 Å². The van der Waals surface area contributed by atoms with E-state index in [1.54, 1.807) is 43.3 Å². The molecule has 3 N–H and O–H groups in total. The van der Waals surface area contributed by atoms with Crippen LogP contribution in [0.2, 0.25) is 0 Å². The first kappa shape index (κ1) is 27.2. The fourth-order valence-corrected chi connectivity index (χ4v) is 3.13. The lowest BCUT2D eigenvalue weighted by Gasteiger charge is -2.33. The molecule has 3 rings (SSSR count). The summed E-state index contributed by atoms with van der Waals surface area (Å²) >= 11 is 0. The van der Waals surface area contributed by atoms with Crippen molar-refractivity contribution in [1.82, 2.24) is 9.80 Å². The fourth-order valence-electron chi connectivity index (χ4n) is 3.13. The lowest BCUT2D eigenvalue weighted by molar-refractivity contribution is -0.159. The lowest BCUT2D eigenvalue weighted by Crippen LogP contribution is -2.49. The Morgan fingerprint density at radius 3 is 1.97 bits per heavy atom. The number of furan rings is 1. The number of carboxylic acid groups (broad SMARTS) is 2. The molecule has 0 bridgehead atoms. The molecule has 1 aliphatic rings. The number of Topliss-reactive ketones (excluding diaryl/α,β-unsaturated/α-hetero) is 1. The molecule has 1 amide bonds. The summed E-state index contributed by atoms with van der Waals surface area (Å²) in [6, 6.07) is 9.99. The molecule has 1 aromatic heterocycles. The van der Waals surface area contributed by atoms with Crippen LogP contribution in [-0.2, 0) is 19.1 Å². The van der Waals surface area contributed by atoms with Gasteiger partial charge in [-0.3, -0.25) is 19.4 Å². The highest BCUT2D eigenvalue weighted by atomic mass is 16.5. The van der Waals surface area contributed by atoms with Crippen molar-refractivity contribution in [1.29, 1.82) is 0 Å². The molecule has 0 unspecified atom stereocenters. The number of hydrogen-bond donors (Lipinski definition) is 3. The summed E-state index contributed by atoms with van der Waals surface area (Å²) in [6.07, 6.45) is 1.49. The minimum absolute atomic E-state index is 0.0348. The van der Waals surface area contributed by atoms with Gasteiger partial charge in [0.05, 0.1) is 31.5 Å². The van der Waals surface area contributed by atoms with E-state index in [0.29, 0.717) is 56.3 Å². The summed E-state index contributed by atoms with van der Waals surface area (Å²) in [5.41, 5.74) is 1.08. The van der Waals surface area contributed by atoms with Crippen LogP contribution in [0.5, 0.6) is 0 Å². The number of amides is 1. The maximum absolute atomic E-state index is 12.3. The van der Waals surface area contributed by atoms with Crippen LogP contribution in [0, 0.1) is 0 Å². The van der Waals surface area contributed by atoms with Gasteiger partial charge in [-0.2, -0.15) is 0 Å². The zero-order chi connectivity index (χ0) is 25.8. The van der Waals surface area contributed by atoms with E-state index in [4.69, 9.17) is 29.0 Å². The minimum Gasteiger partial charge on any atom is -0.473 e. The Balaban J connectivity index is 0.000000641. The summed E-state index contributed by atoms with van der Waals surface area (Å²) in [7, 11) is 0. The van der Waals surface area contributed by atoms with Gasteiger partial charge in [-0.15, -0.1) is 0 Å². The second-order valence-corrected chi connectivity index (χ2v) is 7.41. The highest BCUT2D eigenvalue weighted by Crippen LogP contribution is 2.11. The number of aliphatic carboxylic acids is 2. The number of anilines is 1. The van der Waals surface area contributed by atoms with Crippen molar-refractivity contribution in [2.24, 2.45) is 0 Å². The standard InChI is InChI=1S/C21H25N3O5.C2H2O4/c1-2-28-21(27)16-5-7-17(8-6-16)22-20(26)15-24-11-9-23(10-12-24)14-18(25)19-4-3-13-29-19;3-1(4)2(5)6/h3-8,13H,2,9-12,14-15H2,1H3,(H,22,26);(H,3,4)(H,5,6). The van der Waals surface area contributed by atoms with E-state index in [1.165, 1.54) is 6.26 Å². The third-order valence-corrected chi connectivity index (χ3v) is 4.86. The summed E-state index contributed by atoms with van der Waals surface area (Å²) in [5, 5.41) is 17.6. The number of ketones is 1. The van der Waals surface area contributed by atoms with Gasteiger partial charge >= 0.3 is 17.9 Å². The smallest absolute Gasteiger partial charge is 0.414 e. The number of rotatable bonds is 8. The zero-order valence-electron chi connectivity index (χ0n) is 19.1. The Morgan fingerprint density at radius 1 is 0.914 bits per heavy atom. The van der Waals surface area contributed by atoms with Crippen molar-refractivity contribution < 1.29 is 43.3 Å². The first-order valence-electron chi connectivity index (χ1n) is 10.7. The van der Waals surface area contributed by atoms with Crippen LogP contribution in [0.3, 0.4) is 0 Å². The number of ether oxygens (including phenoxy) is 1. The van der Waals surface area contributed by atoms with Gasteiger partial charge in [0.25, 0.3) is 0 Å². The number of nitrogens with zero attached hydrogens (tertiary/aromatic N) is 2. The molecule has 35 heavy (non-hydrogen) atoms. The van der Waals surface area contributed by atoms with Crippen molar-refractivity contribution in [2.45, 2.75) is 6.92 Å². The Morgan fingerprint density at radius 2 is 1.49 bits per heavy atom. The van der Waals surface area contributed by atoms with E-state index < -0.39 is 11.9 Å². The molecule has 1 fully saturated rings. The molecule has 0 spiro atoms. The molecule has 0 aliphatic carbocycles. The Hall–Kier alpha value is -4.03. The van der Waals surface area contributed by atoms with E-state index >= 15 is 0 Å². The molecule has 1 aliphatic heterocycles. The van der Waals surface area contributed by atoms with Crippen molar-refractivity contribution in [3.05, 3.63) is 54.0 Å². The van der Waals surface area contributed by atoms with Gasteiger partial charge < -0.3 is 24.7 Å². The average Bonchev–Trinajstić information content (AvgIpc) is 3.36. The molecule has 0 saturated carbocycles. The Kier molecular flexibility index (Phi) is 10.6. The molecule has 188 valence electrons. The normalized spacial score (nSPS) is 13.7. The van der Waals surface area contributed by atoms with Gasteiger partial charge in [-0.05, 0) is 43.3 Å². The van der Waals surface area contributed by atoms with Crippen LogP contribution in [0.15, 0.2) is 47.1 Å². The van der Waals surface area contributed by atoms with Crippen LogP contribution < -0.4 is 5.32 Å². The molecule has 12 heteroatoms. The van der Waals surface area contributed by atoms with Gasteiger partial charge in [0.15, 0.2) is 5.76 Å². The third kappa shape index (κ3) is 9.39. The Bertz CT molecular complexity index is 999. The minimum atomic E-state index is -1.82. The summed E-state index contributed by atoms with van der Waals surface area (Å²) in [6.45, 7) is 5.52. The summed E-state index contributed by atoms with van der Waals surface area (Å²) < 4.78 is 10.1. The van der Waals surface area contributed by atoms with E-state index in [1.807, 2.05) is 0 Å². The van der Waals surface area contributed by atoms with Gasteiger partial charge in [0, 0.05) is 31.9 Å². The van der Waals surface area contributed by atoms with Crippen molar-refractivity contribution in [3.63, 3.8) is 0 Å². The number of carbonyl (C=O) groups excluding carboxylic acids is 3. The molecule has 12 nitrogen and oxygen atoms in total. The monoisotopic (exact) mass is 489 g/mol. The van der Waals surface area contributed by atoms with Gasteiger partial charge in [-0.1, -0.05) is 0 Å². The van der Waals surface area contributed by atoms with Crippen LogP contribution in [0.1, 0.15) is 27.8 Å². The maximum Gasteiger partial charge on any atom is 0.414 e. The number of esters is 1. The van der Waals surface area contributed by atoms with Crippen LogP contribution in [0.4, 0.5) is 5.69 Å². The van der Waals surface area contributed by atoms with E-state index in [-0.39, 0.29) is 24.2 Å². The van der Waals surface area contributed by atoms with Crippen molar-refractivity contribution >= 4 is 35.3 Å². The highest BCUT2D eigenvalue weighted by molar-refractivity contribution is 6.27. The molecular weight excluding hydrogens is 462 g/mol. The number of carbonyl (C=O) groups is 5. The van der Waals surface area contributed by atoms with Gasteiger partial charge in [0.2, 0.25) is 11.7 Å². The lowest BCUT2D eigenvalue weighted by atomic mass is 10.2. The SMILES string of the molecule is CCOC(=O)c1ccc(NC(=O)CN2CCN(CC(=O)c3ccco3)CC2)cc1.O=C(O)C(=O)O. The molecule has 0 radical (unpaired) electrons. The van der Waals surface area contributed by atoms with Gasteiger partial charge in [-0.25, -0.2) is 14.4 Å². The second-order valence-electron chi connectivity index (χ2n) is 7.41. The molecule has 1 saturated heterocycles. The number of nitrogens with one attached hydrogen (secondary N) is 1. The predicted molar refractivity (Wildman–Crippen MR) is 122 cm³/mol. The second kappa shape index (κ2) is 13.6. The number of benzene rings is 1. The largest absolute Gasteiger partial charge is 0.473 e. The quantitative estimate of drug-likeness (QED) is 0.275. The number of carboxylic acids is 2. The van der Waals surface area contributed by atoms with Crippen molar-refractivity contribution in [2.75, 3.05) is 51.2 Å². The molecule has 2 heterocycles. The maximum atomic E-state index is 12.3.